The van der Waals surface area contributed by atoms with Crippen LogP contribution < -0.4 is 0 Å². The maximum absolute atomic E-state index is 12.7. The maximum Gasteiger partial charge on any atom is 0.276 e. The summed E-state index contributed by atoms with van der Waals surface area (Å²) in [5.74, 6) is 0.756. The van der Waals surface area contributed by atoms with Gasteiger partial charge >= 0.3 is 0 Å². The van der Waals surface area contributed by atoms with Crippen LogP contribution >= 0.6 is 0 Å². The molecule has 6 nitrogen and oxygen atoms in total. The van der Waals surface area contributed by atoms with Gasteiger partial charge in [-0.2, -0.15) is 0 Å². The van der Waals surface area contributed by atoms with Crippen molar-refractivity contribution >= 4 is 16.9 Å². The summed E-state index contributed by atoms with van der Waals surface area (Å²) >= 11 is 0. The van der Waals surface area contributed by atoms with Crippen LogP contribution in [0.5, 0.6) is 0 Å². The molecule has 0 saturated carbocycles. The molecular formula is C19H20N2O4. The van der Waals surface area contributed by atoms with Gasteiger partial charge in [-0.1, -0.05) is 17.3 Å². The molecule has 3 heterocycles. The SMILES string of the molecule is Cc1cc(C(=O)N2CCOCC(Cc3cccc4occc34)C2)no1. The predicted octanol–water partition coefficient (Wildman–Crippen LogP) is 3.06. The average molecular weight is 340 g/mol. The smallest absolute Gasteiger partial charge is 0.276 e. The Hall–Kier alpha value is -2.60. The summed E-state index contributed by atoms with van der Waals surface area (Å²) in [6.07, 6.45) is 2.54. The van der Waals surface area contributed by atoms with Crippen molar-refractivity contribution in [3.8, 4) is 0 Å². The number of carbonyl (C=O) groups excluding carboxylic acids is 1. The van der Waals surface area contributed by atoms with Gasteiger partial charge in [-0.25, -0.2) is 0 Å². The second-order valence-corrected chi connectivity index (χ2v) is 6.47. The third kappa shape index (κ3) is 3.30. The Morgan fingerprint density at radius 2 is 2.28 bits per heavy atom. The number of benzene rings is 1. The predicted molar refractivity (Wildman–Crippen MR) is 91.4 cm³/mol. The van der Waals surface area contributed by atoms with Gasteiger partial charge in [-0.3, -0.25) is 4.79 Å². The molecule has 1 aromatic carbocycles. The van der Waals surface area contributed by atoms with Crippen molar-refractivity contribution in [1.82, 2.24) is 10.1 Å². The molecule has 1 fully saturated rings. The van der Waals surface area contributed by atoms with Crippen LogP contribution in [0, 0.1) is 12.8 Å². The molecule has 0 N–H and O–H groups in total. The Morgan fingerprint density at radius 1 is 1.36 bits per heavy atom. The number of hydrogen-bond acceptors (Lipinski definition) is 5. The zero-order chi connectivity index (χ0) is 17.2. The average Bonchev–Trinajstić information content (AvgIpc) is 3.20. The molecule has 1 aliphatic heterocycles. The Balaban J connectivity index is 1.52. The Kier molecular flexibility index (Phi) is 4.28. The van der Waals surface area contributed by atoms with Crippen LogP contribution in [0.25, 0.3) is 11.0 Å². The molecule has 4 rings (SSSR count). The highest BCUT2D eigenvalue weighted by Gasteiger charge is 2.26. The summed E-state index contributed by atoms with van der Waals surface area (Å²) in [4.78, 5) is 14.5. The van der Waals surface area contributed by atoms with E-state index in [4.69, 9.17) is 13.7 Å². The summed E-state index contributed by atoms with van der Waals surface area (Å²) < 4.78 is 16.2. The molecule has 0 bridgehead atoms. The standard InChI is InChI=1S/C19H20N2O4/c1-13-9-17(20-25-13)19(22)21-6-8-23-12-14(11-21)10-15-3-2-4-18-16(15)5-7-24-18/h2-5,7,9,14H,6,8,10-12H2,1H3. The fourth-order valence-corrected chi connectivity index (χ4v) is 3.36. The van der Waals surface area contributed by atoms with E-state index in [1.807, 2.05) is 23.1 Å². The van der Waals surface area contributed by atoms with E-state index in [1.165, 1.54) is 5.56 Å². The van der Waals surface area contributed by atoms with Crippen molar-refractivity contribution < 1.29 is 18.5 Å². The molecule has 25 heavy (non-hydrogen) atoms. The third-order valence-corrected chi connectivity index (χ3v) is 4.57. The molecule has 3 aromatic rings. The third-order valence-electron chi connectivity index (χ3n) is 4.57. The molecule has 0 radical (unpaired) electrons. The van der Waals surface area contributed by atoms with E-state index >= 15 is 0 Å². The van der Waals surface area contributed by atoms with Crippen molar-refractivity contribution in [3.63, 3.8) is 0 Å². The van der Waals surface area contributed by atoms with E-state index in [1.54, 1.807) is 19.3 Å². The Labute approximate surface area is 145 Å². The quantitative estimate of drug-likeness (QED) is 0.733. The lowest BCUT2D eigenvalue weighted by atomic mass is 9.97. The van der Waals surface area contributed by atoms with Gasteiger partial charge in [-0.05, 0) is 31.0 Å². The molecule has 1 unspecified atom stereocenters. The van der Waals surface area contributed by atoms with E-state index in [9.17, 15) is 4.79 Å². The molecule has 6 heteroatoms. The largest absolute Gasteiger partial charge is 0.464 e. The molecule has 130 valence electrons. The van der Waals surface area contributed by atoms with Crippen molar-refractivity contribution in [3.05, 3.63) is 53.6 Å². The van der Waals surface area contributed by atoms with E-state index in [0.717, 1.165) is 17.4 Å². The lowest BCUT2D eigenvalue weighted by molar-refractivity contribution is 0.0727. The lowest BCUT2D eigenvalue weighted by Gasteiger charge is -2.23. The van der Waals surface area contributed by atoms with Crippen LogP contribution in [0.2, 0.25) is 0 Å². The number of furan rings is 1. The monoisotopic (exact) mass is 340 g/mol. The van der Waals surface area contributed by atoms with Gasteiger partial charge in [0.15, 0.2) is 5.69 Å². The molecular weight excluding hydrogens is 320 g/mol. The number of carbonyl (C=O) groups is 1. The Morgan fingerprint density at radius 3 is 3.12 bits per heavy atom. The molecule has 2 aromatic heterocycles. The summed E-state index contributed by atoms with van der Waals surface area (Å²) in [5, 5.41) is 4.97. The first-order chi connectivity index (χ1) is 12.2. The second kappa shape index (κ2) is 6.72. The van der Waals surface area contributed by atoms with Gasteiger partial charge in [0.25, 0.3) is 5.91 Å². The number of hydrogen-bond donors (Lipinski definition) is 0. The Bertz CT molecular complexity index is 882. The zero-order valence-corrected chi connectivity index (χ0v) is 14.1. The maximum atomic E-state index is 12.7. The van der Waals surface area contributed by atoms with E-state index in [0.29, 0.717) is 37.8 Å². The molecule has 0 aliphatic carbocycles. The highest BCUT2D eigenvalue weighted by atomic mass is 16.5. The number of fused-ring (bicyclic) bond motifs is 1. The number of amides is 1. The summed E-state index contributed by atoms with van der Waals surface area (Å²) in [7, 11) is 0. The van der Waals surface area contributed by atoms with Crippen LogP contribution in [-0.4, -0.2) is 42.3 Å². The van der Waals surface area contributed by atoms with E-state index < -0.39 is 0 Å². The summed E-state index contributed by atoms with van der Waals surface area (Å²) in [6.45, 7) is 4.16. The normalized spacial score (nSPS) is 18.4. The first-order valence-corrected chi connectivity index (χ1v) is 8.46. The first kappa shape index (κ1) is 15.9. The van der Waals surface area contributed by atoms with Gasteiger partial charge in [0.05, 0.1) is 19.5 Å². The number of rotatable bonds is 3. The van der Waals surface area contributed by atoms with Crippen LogP contribution in [-0.2, 0) is 11.2 Å². The van der Waals surface area contributed by atoms with Gasteiger partial charge in [-0.15, -0.1) is 0 Å². The molecule has 1 atom stereocenters. The highest BCUT2D eigenvalue weighted by Crippen LogP contribution is 2.24. The van der Waals surface area contributed by atoms with E-state index in [-0.39, 0.29) is 11.8 Å². The van der Waals surface area contributed by atoms with Gasteiger partial charge < -0.3 is 18.6 Å². The van der Waals surface area contributed by atoms with Gasteiger partial charge in [0.2, 0.25) is 0 Å². The van der Waals surface area contributed by atoms with Crippen LogP contribution in [0.4, 0.5) is 0 Å². The van der Waals surface area contributed by atoms with Crippen molar-refractivity contribution in [2.45, 2.75) is 13.3 Å². The lowest BCUT2D eigenvalue weighted by Crippen LogP contribution is -2.36. The highest BCUT2D eigenvalue weighted by molar-refractivity contribution is 5.92. The fourth-order valence-electron chi connectivity index (χ4n) is 3.36. The minimum absolute atomic E-state index is 0.103. The van der Waals surface area contributed by atoms with E-state index in [2.05, 4.69) is 11.2 Å². The molecule has 1 aliphatic rings. The molecule has 0 spiro atoms. The summed E-state index contributed by atoms with van der Waals surface area (Å²) in [5.41, 5.74) is 2.46. The number of nitrogens with zero attached hydrogens (tertiary/aromatic N) is 2. The van der Waals surface area contributed by atoms with Crippen molar-refractivity contribution in [2.24, 2.45) is 5.92 Å². The first-order valence-electron chi connectivity index (χ1n) is 8.46. The minimum atomic E-state index is -0.103. The van der Waals surface area contributed by atoms with Crippen LogP contribution in [0.15, 0.2) is 45.5 Å². The van der Waals surface area contributed by atoms with Crippen LogP contribution in [0.1, 0.15) is 21.8 Å². The zero-order valence-electron chi connectivity index (χ0n) is 14.1. The van der Waals surface area contributed by atoms with Gasteiger partial charge in [0, 0.05) is 30.5 Å². The topological polar surface area (TPSA) is 68.7 Å². The number of ether oxygens (including phenoxy) is 1. The number of aryl methyl sites for hydroxylation is 1. The van der Waals surface area contributed by atoms with Crippen LogP contribution in [0.3, 0.4) is 0 Å². The molecule has 1 amide bonds. The minimum Gasteiger partial charge on any atom is -0.464 e. The van der Waals surface area contributed by atoms with Crippen molar-refractivity contribution in [1.29, 1.82) is 0 Å². The second-order valence-electron chi connectivity index (χ2n) is 6.47. The van der Waals surface area contributed by atoms with Gasteiger partial charge in [0.1, 0.15) is 11.3 Å². The fraction of sp³-hybridized carbons (Fsp3) is 0.368. The molecule has 1 saturated heterocycles. The number of aromatic nitrogens is 1. The summed E-state index contributed by atoms with van der Waals surface area (Å²) in [6, 6.07) is 9.74. The van der Waals surface area contributed by atoms with Crippen molar-refractivity contribution in [2.75, 3.05) is 26.3 Å².